The van der Waals surface area contributed by atoms with E-state index in [2.05, 4.69) is 16.9 Å². The number of hydrogen-bond acceptors (Lipinski definition) is 3. The Morgan fingerprint density at radius 3 is 2.62 bits per heavy atom. The summed E-state index contributed by atoms with van der Waals surface area (Å²) in [4.78, 5) is 5.95. The van der Waals surface area contributed by atoms with Gasteiger partial charge in [-0.1, -0.05) is 12.8 Å². The average Bonchev–Trinajstić information content (AvgIpc) is 3.11. The summed E-state index contributed by atoms with van der Waals surface area (Å²) in [5.74, 6) is 0.905. The Labute approximate surface area is 129 Å². The van der Waals surface area contributed by atoms with Gasteiger partial charge in [0.25, 0.3) is 0 Å². The van der Waals surface area contributed by atoms with Gasteiger partial charge in [0, 0.05) is 17.1 Å². The summed E-state index contributed by atoms with van der Waals surface area (Å²) < 4.78 is 7.90. The van der Waals surface area contributed by atoms with E-state index in [-0.39, 0.29) is 0 Å². The lowest BCUT2D eigenvalue weighted by molar-refractivity contribution is 0.340. The third-order valence-corrected chi connectivity index (χ3v) is 4.94. The second-order valence-electron chi connectivity index (χ2n) is 5.51. The van der Waals surface area contributed by atoms with Gasteiger partial charge in [0.1, 0.15) is 5.75 Å². The van der Waals surface area contributed by atoms with Crippen molar-refractivity contribution in [3.63, 3.8) is 0 Å². The van der Waals surface area contributed by atoms with Crippen LogP contribution in [-0.4, -0.2) is 11.2 Å². The zero-order valence-corrected chi connectivity index (χ0v) is 13.5. The molecule has 0 saturated heterocycles. The van der Waals surface area contributed by atoms with Gasteiger partial charge in [0.05, 0.1) is 12.3 Å². The van der Waals surface area contributed by atoms with Crippen LogP contribution in [0, 0.1) is 6.92 Å². The first-order valence-corrected chi connectivity index (χ1v) is 8.60. The maximum Gasteiger partial charge on any atom is 0.190 e. The number of aryl methyl sites for hydroxylation is 1. The van der Waals surface area contributed by atoms with Gasteiger partial charge < -0.3 is 9.30 Å². The molecule has 112 valence electrons. The fraction of sp³-hybridized carbons (Fsp3) is 0.471. The number of rotatable bonds is 4. The summed E-state index contributed by atoms with van der Waals surface area (Å²) in [7, 11) is 0. The maximum atomic E-state index is 5.48. The van der Waals surface area contributed by atoms with Crippen molar-refractivity contribution in [1.82, 2.24) is 4.57 Å². The van der Waals surface area contributed by atoms with Crippen molar-refractivity contribution in [1.29, 1.82) is 0 Å². The molecule has 0 atom stereocenters. The van der Waals surface area contributed by atoms with Crippen molar-refractivity contribution >= 4 is 17.0 Å². The van der Waals surface area contributed by atoms with E-state index in [0.29, 0.717) is 12.6 Å². The normalized spacial score (nSPS) is 16.6. The van der Waals surface area contributed by atoms with E-state index in [4.69, 9.17) is 9.73 Å². The minimum Gasteiger partial charge on any atom is -0.494 e. The third-order valence-electron chi connectivity index (χ3n) is 3.98. The lowest BCUT2D eigenvalue weighted by Gasteiger charge is -2.13. The number of benzene rings is 1. The lowest BCUT2D eigenvalue weighted by Crippen LogP contribution is -2.20. The Kier molecular flexibility index (Phi) is 4.44. The average molecular weight is 302 g/mol. The number of thiazole rings is 1. The highest BCUT2D eigenvalue weighted by Gasteiger charge is 2.19. The summed E-state index contributed by atoms with van der Waals surface area (Å²) >= 11 is 1.74. The van der Waals surface area contributed by atoms with E-state index in [1.807, 2.05) is 31.2 Å². The highest BCUT2D eigenvalue weighted by molar-refractivity contribution is 7.07. The zero-order chi connectivity index (χ0) is 14.7. The van der Waals surface area contributed by atoms with Crippen molar-refractivity contribution < 1.29 is 4.74 Å². The minimum atomic E-state index is 0.637. The molecule has 0 N–H and O–H groups in total. The molecule has 1 aliphatic carbocycles. The standard InChI is InChI=1S/C17H22N2OS/c1-3-20-16-10-8-14(9-11-16)18-17-19(13(2)12-21-17)15-6-4-5-7-15/h8-12,15H,3-7H2,1-2H3. The van der Waals surface area contributed by atoms with Gasteiger partial charge >= 0.3 is 0 Å². The second-order valence-corrected chi connectivity index (χ2v) is 6.34. The van der Waals surface area contributed by atoms with Crippen molar-refractivity contribution in [3.8, 4) is 5.75 Å². The number of nitrogens with zero attached hydrogens (tertiary/aromatic N) is 2. The number of aromatic nitrogens is 1. The second kappa shape index (κ2) is 6.48. The first kappa shape index (κ1) is 14.4. The number of hydrogen-bond donors (Lipinski definition) is 0. The predicted octanol–water partition coefficient (Wildman–Crippen LogP) is 4.60. The first-order chi connectivity index (χ1) is 10.3. The molecule has 1 fully saturated rings. The fourth-order valence-corrected chi connectivity index (χ4v) is 3.94. The van der Waals surface area contributed by atoms with Gasteiger partial charge in [-0.2, -0.15) is 0 Å². The Hall–Kier alpha value is -1.55. The zero-order valence-electron chi connectivity index (χ0n) is 12.7. The number of ether oxygens (including phenoxy) is 1. The molecular weight excluding hydrogens is 280 g/mol. The smallest absolute Gasteiger partial charge is 0.190 e. The maximum absolute atomic E-state index is 5.48. The molecule has 0 bridgehead atoms. The molecule has 0 radical (unpaired) electrons. The molecule has 21 heavy (non-hydrogen) atoms. The molecule has 4 heteroatoms. The molecule has 0 amide bonds. The fourth-order valence-electron chi connectivity index (χ4n) is 2.98. The van der Waals surface area contributed by atoms with Crippen molar-refractivity contribution in [3.05, 3.63) is 40.1 Å². The summed E-state index contributed by atoms with van der Waals surface area (Å²) in [5.41, 5.74) is 2.32. The summed E-state index contributed by atoms with van der Waals surface area (Å²) in [6.07, 6.45) is 5.26. The van der Waals surface area contributed by atoms with E-state index in [9.17, 15) is 0 Å². The van der Waals surface area contributed by atoms with Gasteiger partial charge in [-0.15, -0.1) is 11.3 Å². The van der Waals surface area contributed by atoms with Crippen LogP contribution in [0.2, 0.25) is 0 Å². The molecule has 3 rings (SSSR count). The van der Waals surface area contributed by atoms with Gasteiger partial charge in [0.2, 0.25) is 0 Å². The van der Waals surface area contributed by atoms with Crippen LogP contribution < -0.4 is 9.54 Å². The quantitative estimate of drug-likeness (QED) is 0.810. The molecule has 3 nitrogen and oxygen atoms in total. The molecule has 0 spiro atoms. The topological polar surface area (TPSA) is 26.5 Å². The monoisotopic (exact) mass is 302 g/mol. The van der Waals surface area contributed by atoms with Crippen LogP contribution in [0.3, 0.4) is 0 Å². The Bertz CT molecular complexity index is 648. The molecule has 0 unspecified atom stereocenters. The van der Waals surface area contributed by atoms with Gasteiger partial charge in [-0.25, -0.2) is 4.99 Å². The van der Waals surface area contributed by atoms with Crippen LogP contribution in [0.15, 0.2) is 34.6 Å². The third kappa shape index (κ3) is 3.21. The first-order valence-electron chi connectivity index (χ1n) is 7.72. The predicted molar refractivity (Wildman–Crippen MR) is 87.4 cm³/mol. The molecule has 0 aliphatic heterocycles. The van der Waals surface area contributed by atoms with Crippen molar-refractivity contribution in [2.24, 2.45) is 4.99 Å². The highest BCUT2D eigenvalue weighted by Crippen LogP contribution is 2.30. The van der Waals surface area contributed by atoms with Crippen molar-refractivity contribution in [2.75, 3.05) is 6.61 Å². The summed E-state index contributed by atoms with van der Waals surface area (Å²) in [5, 5.41) is 2.21. The van der Waals surface area contributed by atoms with Crippen molar-refractivity contribution in [2.45, 2.75) is 45.6 Å². The SMILES string of the molecule is CCOc1ccc(N=c2scc(C)n2C2CCCC2)cc1. The summed E-state index contributed by atoms with van der Waals surface area (Å²) in [6.45, 7) is 4.88. The van der Waals surface area contributed by atoms with Crippen LogP contribution >= 0.6 is 11.3 Å². The van der Waals surface area contributed by atoms with E-state index < -0.39 is 0 Å². The lowest BCUT2D eigenvalue weighted by atomic mass is 10.2. The van der Waals surface area contributed by atoms with Crippen LogP contribution in [0.25, 0.3) is 0 Å². The van der Waals surface area contributed by atoms with E-state index >= 15 is 0 Å². The van der Waals surface area contributed by atoms with E-state index in [1.165, 1.54) is 31.4 Å². The van der Waals surface area contributed by atoms with Gasteiger partial charge in [-0.3, -0.25) is 0 Å². The van der Waals surface area contributed by atoms with Gasteiger partial charge in [-0.05, 0) is 51.0 Å². The molecule has 1 aromatic carbocycles. The van der Waals surface area contributed by atoms with E-state index in [1.54, 1.807) is 11.3 Å². The van der Waals surface area contributed by atoms with E-state index in [0.717, 1.165) is 16.2 Å². The Morgan fingerprint density at radius 2 is 1.95 bits per heavy atom. The Morgan fingerprint density at radius 1 is 1.24 bits per heavy atom. The van der Waals surface area contributed by atoms with Crippen LogP contribution in [-0.2, 0) is 0 Å². The van der Waals surface area contributed by atoms with Crippen LogP contribution in [0.5, 0.6) is 5.75 Å². The minimum absolute atomic E-state index is 0.637. The van der Waals surface area contributed by atoms with Gasteiger partial charge in [0.15, 0.2) is 4.80 Å². The molecule has 1 aromatic heterocycles. The van der Waals surface area contributed by atoms with Crippen LogP contribution in [0.4, 0.5) is 5.69 Å². The largest absolute Gasteiger partial charge is 0.494 e. The molecule has 1 aliphatic rings. The summed E-state index contributed by atoms with van der Waals surface area (Å²) in [6, 6.07) is 8.67. The highest BCUT2D eigenvalue weighted by atomic mass is 32.1. The van der Waals surface area contributed by atoms with Crippen LogP contribution in [0.1, 0.15) is 44.3 Å². The molecule has 1 saturated carbocycles. The Balaban J connectivity index is 1.92. The molecule has 2 aromatic rings. The molecular formula is C17H22N2OS. The molecule has 1 heterocycles.